The second-order valence-electron chi connectivity index (χ2n) is 9.21. The van der Waals surface area contributed by atoms with Crippen molar-refractivity contribution in [3.05, 3.63) is 47.8 Å². The van der Waals surface area contributed by atoms with Gasteiger partial charge in [-0.05, 0) is 50.1 Å². The molecule has 1 heterocycles. The van der Waals surface area contributed by atoms with Crippen molar-refractivity contribution in [3.63, 3.8) is 0 Å². The molecular formula is C27H36FNO5S2. The van der Waals surface area contributed by atoms with Gasteiger partial charge in [0.05, 0.1) is 35.8 Å². The third-order valence-electron chi connectivity index (χ3n) is 6.71. The van der Waals surface area contributed by atoms with Crippen LogP contribution in [0.2, 0.25) is 0 Å². The van der Waals surface area contributed by atoms with Crippen molar-refractivity contribution in [2.75, 3.05) is 36.7 Å². The number of benzene rings is 2. The van der Waals surface area contributed by atoms with Gasteiger partial charge in [-0.3, -0.25) is 4.79 Å². The fourth-order valence-electron chi connectivity index (χ4n) is 4.69. The maximum Gasteiger partial charge on any atom is 0.315 e. The van der Waals surface area contributed by atoms with Gasteiger partial charge in [-0.1, -0.05) is 26.7 Å². The Morgan fingerprint density at radius 3 is 2.50 bits per heavy atom. The Labute approximate surface area is 218 Å². The van der Waals surface area contributed by atoms with E-state index in [1.165, 1.54) is 23.9 Å². The van der Waals surface area contributed by atoms with Gasteiger partial charge in [0.1, 0.15) is 11.6 Å². The summed E-state index contributed by atoms with van der Waals surface area (Å²) in [5.74, 6) is 0.498. The Morgan fingerprint density at radius 1 is 1.17 bits per heavy atom. The van der Waals surface area contributed by atoms with Gasteiger partial charge in [-0.25, -0.2) is 12.8 Å². The third-order valence-corrected chi connectivity index (χ3v) is 9.65. The standard InChI is InChI=1S/C27H36FNO5S2/c1-5-8-13-27(6-2)18-29(22-11-9-21(28)10-12-22)23-15-24(33-4)20(14-25(23)36(31,32)19-27)16-35-17-26(30)34-7-3/h9-12,14-15H,5-8,13,16-19H2,1-4H3. The van der Waals surface area contributed by atoms with Gasteiger partial charge in [0.15, 0.2) is 9.84 Å². The first kappa shape index (κ1) is 28.3. The number of hydrogen-bond donors (Lipinski definition) is 0. The molecule has 0 amide bonds. The molecular weight excluding hydrogens is 501 g/mol. The fourth-order valence-corrected chi connectivity index (χ4v) is 7.70. The predicted octanol–water partition coefficient (Wildman–Crippen LogP) is 6.14. The number of nitrogens with zero attached hydrogens (tertiary/aromatic N) is 1. The van der Waals surface area contributed by atoms with Gasteiger partial charge in [0, 0.05) is 35.0 Å². The highest BCUT2D eigenvalue weighted by atomic mass is 32.2. The van der Waals surface area contributed by atoms with E-state index in [1.807, 2.05) is 11.8 Å². The predicted molar refractivity (Wildman–Crippen MR) is 143 cm³/mol. The Balaban J connectivity index is 2.12. The summed E-state index contributed by atoms with van der Waals surface area (Å²) in [4.78, 5) is 14.0. The van der Waals surface area contributed by atoms with Gasteiger partial charge < -0.3 is 14.4 Å². The van der Waals surface area contributed by atoms with Crippen molar-refractivity contribution < 1.29 is 27.1 Å². The molecule has 2 aromatic rings. The number of unbranched alkanes of at least 4 members (excludes halogenated alkanes) is 1. The second kappa shape index (κ2) is 12.3. The van der Waals surface area contributed by atoms with Gasteiger partial charge >= 0.3 is 5.97 Å². The van der Waals surface area contributed by atoms with Gasteiger partial charge in [-0.15, -0.1) is 11.8 Å². The SMILES string of the molecule is CCCCC1(CC)CN(c2ccc(F)cc2)c2cc(OC)c(CSCC(=O)OCC)cc2S(=O)(=O)C1. The van der Waals surface area contributed by atoms with Gasteiger partial charge in [0.25, 0.3) is 0 Å². The molecule has 0 N–H and O–H groups in total. The van der Waals surface area contributed by atoms with Crippen LogP contribution in [-0.4, -0.2) is 46.2 Å². The zero-order valence-electron chi connectivity index (χ0n) is 21.5. The lowest BCUT2D eigenvalue weighted by Crippen LogP contribution is -2.37. The molecule has 0 spiro atoms. The molecule has 0 bridgehead atoms. The van der Waals surface area contributed by atoms with Crippen LogP contribution in [0.1, 0.15) is 52.0 Å². The van der Waals surface area contributed by atoms with Crippen LogP contribution in [0.25, 0.3) is 0 Å². The molecule has 9 heteroatoms. The van der Waals surface area contributed by atoms with E-state index >= 15 is 0 Å². The number of esters is 1. The summed E-state index contributed by atoms with van der Waals surface area (Å²) in [5, 5.41) is 0. The Bertz CT molecular complexity index is 1150. The minimum Gasteiger partial charge on any atom is -0.496 e. The second-order valence-corrected chi connectivity index (χ2v) is 12.2. The first-order chi connectivity index (χ1) is 17.2. The molecule has 1 aliphatic heterocycles. The summed E-state index contributed by atoms with van der Waals surface area (Å²) in [7, 11) is -2.10. The zero-order chi connectivity index (χ0) is 26.3. The van der Waals surface area contributed by atoms with Crippen molar-refractivity contribution in [3.8, 4) is 5.75 Å². The van der Waals surface area contributed by atoms with E-state index in [4.69, 9.17) is 9.47 Å². The molecule has 1 aliphatic rings. The number of ether oxygens (including phenoxy) is 2. The van der Waals surface area contributed by atoms with E-state index in [0.29, 0.717) is 42.3 Å². The first-order valence-corrected chi connectivity index (χ1v) is 15.2. The summed E-state index contributed by atoms with van der Waals surface area (Å²) in [5.41, 5.74) is 1.51. The van der Waals surface area contributed by atoms with E-state index in [0.717, 1.165) is 24.9 Å². The lowest BCUT2D eigenvalue weighted by molar-refractivity contribution is -0.139. The van der Waals surface area contributed by atoms with Crippen molar-refractivity contribution in [2.24, 2.45) is 5.41 Å². The molecule has 0 saturated carbocycles. The maximum absolute atomic E-state index is 13.9. The molecule has 1 unspecified atom stereocenters. The molecule has 2 aromatic carbocycles. The summed E-state index contributed by atoms with van der Waals surface area (Å²) in [6.07, 6.45) is 3.39. The fraction of sp³-hybridized carbons (Fsp3) is 0.519. The van der Waals surface area contributed by atoms with Gasteiger partial charge in [0.2, 0.25) is 0 Å². The largest absolute Gasteiger partial charge is 0.496 e. The minimum atomic E-state index is -3.65. The van der Waals surface area contributed by atoms with Crippen molar-refractivity contribution in [1.82, 2.24) is 0 Å². The molecule has 1 atom stereocenters. The monoisotopic (exact) mass is 537 g/mol. The lowest BCUT2D eigenvalue weighted by atomic mass is 9.81. The average molecular weight is 538 g/mol. The maximum atomic E-state index is 13.9. The first-order valence-electron chi connectivity index (χ1n) is 12.4. The Kier molecular flexibility index (Phi) is 9.69. The Hall–Kier alpha value is -2.26. The zero-order valence-corrected chi connectivity index (χ0v) is 23.1. The molecule has 0 radical (unpaired) electrons. The quantitative estimate of drug-likeness (QED) is 0.319. The van der Waals surface area contributed by atoms with Crippen LogP contribution in [0.3, 0.4) is 0 Å². The molecule has 36 heavy (non-hydrogen) atoms. The number of hydrogen-bond acceptors (Lipinski definition) is 7. The number of methoxy groups -OCH3 is 1. The number of halogens is 1. The highest BCUT2D eigenvalue weighted by molar-refractivity contribution is 7.99. The van der Waals surface area contributed by atoms with Crippen LogP contribution in [-0.2, 0) is 25.1 Å². The molecule has 198 valence electrons. The van der Waals surface area contributed by atoms with Crippen LogP contribution in [0.4, 0.5) is 15.8 Å². The average Bonchev–Trinajstić information content (AvgIpc) is 2.95. The van der Waals surface area contributed by atoms with E-state index in [-0.39, 0.29) is 28.2 Å². The smallest absolute Gasteiger partial charge is 0.315 e. The summed E-state index contributed by atoms with van der Waals surface area (Å²) in [6.45, 7) is 6.72. The van der Waals surface area contributed by atoms with Crippen molar-refractivity contribution in [1.29, 1.82) is 0 Å². The minimum absolute atomic E-state index is 0.0446. The number of fused-ring (bicyclic) bond motifs is 1. The number of thioether (sulfide) groups is 1. The number of carbonyl (C=O) groups excluding carboxylic acids is 1. The Morgan fingerprint density at radius 2 is 1.89 bits per heavy atom. The van der Waals surface area contributed by atoms with Crippen LogP contribution in [0.15, 0.2) is 41.3 Å². The topological polar surface area (TPSA) is 72.9 Å². The number of sulfone groups is 1. The number of rotatable bonds is 11. The number of carbonyl (C=O) groups is 1. The third kappa shape index (κ3) is 6.54. The molecule has 0 fully saturated rings. The highest BCUT2D eigenvalue weighted by Gasteiger charge is 2.41. The van der Waals surface area contributed by atoms with E-state index in [2.05, 4.69) is 6.92 Å². The van der Waals surface area contributed by atoms with E-state index < -0.39 is 15.3 Å². The van der Waals surface area contributed by atoms with Crippen LogP contribution < -0.4 is 9.64 Å². The molecule has 3 rings (SSSR count). The van der Waals surface area contributed by atoms with Crippen LogP contribution in [0.5, 0.6) is 5.75 Å². The lowest BCUT2D eigenvalue weighted by Gasteiger charge is -2.36. The summed E-state index contributed by atoms with van der Waals surface area (Å²) < 4.78 is 52.2. The molecule has 6 nitrogen and oxygen atoms in total. The molecule has 0 saturated heterocycles. The van der Waals surface area contributed by atoms with Crippen LogP contribution in [0, 0.1) is 11.2 Å². The highest BCUT2D eigenvalue weighted by Crippen LogP contribution is 2.46. The summed E-state index contributed by atoms with van der Waals surface area (Å²) in [6, 6.07) is 9.61. The normalized spacial score (nSPS) is 18.9. The van der Waals surface area contributed by atoms with Crippen LogP contribution >= 0.6 is 11.8 Å². The summed E-state index contributed by atoms with van der Waals surface area (Å²) >= 11 is 1.35. The van der Waals surface area contributed by atoms with Crippen molar-refractivity contribution in [2.45, 2.75) is 57.1 Å². The van der Waals surface area contributed by atoms with E-state index in [9.17, 15) is 17.6 Å². The van der Waals surface area contributed by atoms with Gasteiger partial charge in [-0.2, -0.15) is 0 Å². The van der Waals surface area contributed by atoms with Crippen molar-refractivity contribution >= 4 is 38.9 Å². The van der Waals surface area contributed by atoms with E-state index in [1.54, 1.807) is 38.3 Å². The molecule has 0 aliphatic carbocycles. The molecule has 0 aromatic heterocycles. The number of anilines is 2.